The van der Waals surface area contributed by atoms with Gasteiger partial charge in [0.1, 0.15) is 0 Å². The van der Waals surface area contributed by atoms with Gasteiger partial charge >= 0.3 is 0 Å². The highest BCUT2D eigenvalue weighted by molar-refractivity contribution is 7.89. The second kappa shape index (κ2) is 6.00. The minimum atomic E-state index is -3.44. The first kappa shape index (κ1) is 14.5. The van der Waals surface area contributed by atoms with E-state index in [1.807, 2.05) is 6.92 Å². The Morgan fingerprint density at radius 2 is 1.95 bits per heavy atom. The van der Waals surface area contributed by atoms with Crippen molar-refractivity contribution in [2.24, 2.45) is 0 Å². The Bertz CT molecular complexity index is 512. The molecule has 0 amide bonds. The van der Waals surface area contributed by atoms with Crippen molar-refractivity contribution in [3.05, 3.63) is 29.8 Å². The lowest BCUT2D eigenvalue weighted by atomic mass is 10.2. The number of ether oxygens (including phenoxy) is 2. The van der Waals surface area contributed by atoms with Gasteiger partial charge in [0, 0.05) is 26.6 Å². The third kappa shape index (κ3) is 3.33. The third-order valence-electron chi connectivity index (χ3n) is 3.18. The highest BCUT2D eigenvalue weighted by Gasteiger charge is 2.27. The van der Waals surface area contributed by atoms with Crippen LogP contribution < -0.4 is 0 Å². The Balaban J connectivity index is 2.17. The SMILES string of the molecule is COC1CCN(S(=O)(=O)c2ccc(C)cc2)CCO1. The third-order valence-corrected chi connectivity index (χ3v) is 5.09. The van der Waals surface area contributed by atoms with Crippen LogP contribution in [0.2, 0.25) is 0 Å². The maximum Gasteiger partial charge on any atom is 0.243 e. The lowest BCUT2D eigenvalue weighted by Crippen LogP contribution is -2.33. The van der Waals surface area contributed by atoms with Crippen molar-refractivity contribution in [2.45, 2.75) is 24.5 Å². The number of sulfonamides is 1. The molecule has 0 radical (unpaired) electrons. The van der Waals surface area contributed by atoms with E-state index in [0.717, 1.165) is 5.56 Å². The van der Waals surface area contributed by atoms with Gasteiger partial charge in [0.15, 0.2) is 6.29 Å². The zero-order chi connectivity index (χ0) is 13.9. The molecule has 1 heterocycles. The van der Waals surface area contributed by atoms with Gasteiger partial charge in [-0.3, -0.25) is 0 Å². The van der Waals surface area contributed by atoms with Crippen molar-refractivity contribution < 1.29 is 17.9 Å². The fourth-order valence-electron chi connectivity index (χ4n) is 2.02. The number of methoxy groups -OCH3 is 1. The summed E-state index contributed by atoms with van der Waals surface area (Å²) < 4.78 is 36.9. The van der Waals surface area contributed by atoms with Crippen molar-refractivity contribution >= 4 is 10.0 Å². The Kier molecular flexibility index (Phi) is 4.57. The summed E-state index contributed by atoms with van der Waals surface area (Å²) >= 11 is 0. The Morgan fingerprint density at radius 3 is 2.58 bits per heavy atom. The minimum Gasteiger partial charge on any atom is -0.356 e. The molecule has 0 N–H and O–H groups in total. The normalized spacial score (nSPS) is 22.1. The maximum atomic E-state index is 12.5. The van der Waals surface area contributed by atoms with Gasteiger partial charge < -0.3 is 9.47 Å². The molecule has 0 spiro atoms. The topological polar surface area (TPSA) is 55.8 Å². The van der Waals surface area contributed by atoms with Crippen molar-refractivity contribution in [2.75, 3.05) is 26.8 Å². The maximum absolute atomic E-state index is 12.5. The first-order valence-corrected chi connectivity index (χ1v) is 7.69. The van der Waals surface area contributed by atoms with Gasteiger partial charge in [-0.25, -0.2) is 8.42 Å². The van der Waals surface area contributed by atoms with E-state index in [0.29, 0.717) is 31.0 Å². The molecule has 106 valence electrons. The lowest BCUT2D eigenvalue weighted by Gasteiger charge is -2.19. The molecule has 1 aliphatic rings. The van der Waals surface area contributed by atoms with Gasteiger partial charge in [-0.1, -0.05) is 17.7 Å². The molecule has 1 saturated heterocycles. The van der Waals surface area contributed by atoms with Crippen LogP contribution in [-0.2, 0) is 19.5 Å². The van der Waals surface area contributed by atoms with Gasteiger partial charge in [-0.2, -0.15) is 4.31 Å². The average Bonchev–Trinajstić information content (AvgIpc) is 2.65. The molecule has 1 aromatic carbocycles. The second-order valence-electron chi connectivity index (χ2n) is 4.54. The summed E-state index contributed by atoms with van der Waals surface area (Å²) in [5, 5.41) is 0. The van der Waals surface area contributed by atoms with Crippen LogP contribution in [0, 0.1) is 6.92 Å². The fraction of sp³-hybridized carbons (Fsp3) is 0.538. The van der Waals surface area contributed by atoms with Crippen LogP contribution >= 0.6 is 0 Å². The molecule has 0 saturated carbocycles. The molecule has 1 fully saturated rings. The number of benzene rings is 1. The van der Waals surface area contributed by atoms with Gasteiger partial charge in [0.05, 0.1) is 11.5 Å². The number of hydrogen-bond acceptors (Lipinski definition) is 4. The quantitative estimate of drug-likeness (QED) is 0.842. The number of rotatable bonds is 3. The van der Waals surface area contributed by atoms with Crippen molar-refractivity contribution in [3.8, 4) is 0 Å². The molecule has 1 atom stereocenters. The van der Waals surface area contributed by atoms with Crippen molar-refractivity contribution in [1.82, 2.24) is 4.31 Å². The Labute approximate surface area is 114 Å². The van der Waals surface area contributed by atoms with Crippen LogP contribution in [-0.4, -0.2) is 45.8 Å². The fourth-order valence-corrected chi connectivity index (χ4v) is 3.45. The molecule has 1 unspecified atom stereocenters. The molecule has 0 aliphatic carbocycles. The smallest absolute Gasteiger partial charge is 0.243 e. The molecular weight excluding hydrogens is 266 g/mol. The number of nitrogens with zero attached hydrogens (tertiary/aromatic N) is 1. The van der Waals surface area contributed by atoms with E-state index in [4.69, 9.17) is 9.47 Å². The van der Waals surface area contributed by atoms with Gasteiger partial charge in [0.2, 0.25) is 10.0 Å². The first-order chi connectivity index (χ1) is 9.04. The van der Waals surface area contributed by atoms with Gasteiger partial charge in [-0.15, -0.1) is 0 Å². The Morgan fingerprint density at radius 1 is 1.26 bits per heavy atom. The summed E-state index contributed by atoms with van der Waals surface area (Å²) in [5.41, 5.74) is 1.04. The molecular formula is C13H19NO4S. The van der Waals surface area contributed by atoms with Crippen LogP contribution in [0.5, 0.6) is 0 Å². The lowest BCUT2D eigenvalue weighted by molar-refractivity contribution is -0.117. The van der Waals surface area contributed by atoms with Crippen molar-refractivity contribution in [3.63, 3.8) is 0 Å². The summed E-state index contributed by atoms with van der Waals surface area (Å²) in [4.78, 5) is 0.328. The standard InChI is InChI=1S/C13H19NO4S/c1-11-3-5-12(6-4-11)19(15,16)14-8-7-13(17-2)18-10-9-14/h3-6,13H,7-10H2,1-2H3. The molecule has 0 bridgehead atoms. The van der Waals surface area contributed by atoms with E-state index in [2.05, 4.69) is 0 Å². The molecule has 1 aliphatic heterocycles. The van der Waals surface area contributed by atoms with Crippen LogP contribution in [0.25, 0.3) is 0 Å². The predicted molar refractivity (Wildman–Crippen MR) is 71.3 cm³/mol. The molecule has 6 heteroatoms. The van der Waals surface area contributed by atoms with Gasteiger partial charge in [0.25, 0.3) is 0 Å². The number of hydrogen-bond donors (Lipinski definition) is 0. The zero-order valence-electron chi connectivity index (χ0n) is 11.2. The summed E-state index contributed by atoms with van der Waals surface area (Å²) in [6.45, 7) is 3.05. The summed E-state index contributed by atoms with van der Waals surface area (Å²) in [7, 11) is -1.87. The van der Waals surface area contributed by atoms with Crippen LogP contribution in [0.3, 0.4) is 0 Å². The highest BCUT2D eigenvalue weighted by Crippen LogP contribution is 2.19. The van der Waals surface area contributed by atoms with Crippen LogP contribution in [0.1, 0.15) is 12.0 Å². The van der Waals surface area contributed by atoms with E-state index in [9.17, 15) is 8.42 Å². The zero-order valence-corrected chi connectivity index (χ0v) is 12.0. The van der Waals surface area contributed by atoms with Crippen LogP contribution in [0.15, 0.2) is 29.2 Å². The molecule has 5 nitrogen and oxygen atoms in total. The van der Waals surface area contributed by atoms with Crippen LogP contribution in [0.4, 0.5) is 0 Å². The van der Waals surface area contributed by atoms with Gasteiger partial charge in [-0.05, 0) is 19.1 Å². The van der Waals surface area contributed by atoms with E-state index < -0.39 is 10.0 Å². The predicted octanol–water partition coefficient (Wildman–Crippen LogP) is 1.38. The number of aryl methyl sites for hydroxylation is 1. The molecule has 0 aromatic heterocycles. The van der Waals surface area contributed by atoms with E-state index in [1.54, 1.807) is 31.4 Å². The summed E-state index contributed by atoms with van der Waals surface area (Å²) in [6, 6.07) is 6.90. The van der Waals surface area contributed by atoms with E-state index in [-0.39, 0.29) is 6.29 Å². The molecule has 19 heavy (non-hydrogen) atoms. The Hall–Kier alpha value is -0.950. The molecule has 2 rings (SSSR count). The highest BCUT2D eigenvalue weighted by atomic mass is 32.2. The molecule has 1 aromatic rings. The summed E-state index contributed by atoms with van der Waals surface area (Å²) in [5.74, 6) is 0. The second-order valence-corrected chi connectivity index (χ2v) is 6.48. The van der Waals surface area contributed by atoms with E-state index in [1.165, 1.54) is 4.31 Å². The largest absolute Gasteiger partial charge is 0.356 e. The minimum absolute atomic E-state index is 0.321. The van der Waals surface area contributed by atoms with Crippen molar-refractivity contribution in [1.29, 1.82) is 0 Å². The monoisotopic (exact) mass is 285 g/mol. The van der Waals surface area contributed by atoms with E-state index >= 15 is 0 Å². The summed E-state index contributed by atoms with van der Waals surface area (Å²) in [6.07, 6.45) is 0.222. The first-order valence-electron chi connectivity index (χ1n) is 6.25. The average molecular weight is 285 g/mol.